The van der Waals surface area contributed by atoms with Crippen LogP contribution in [0.2, 0.25) is 0 Å². The number of para-hydroxylation sites is 1. The molecule has 4 nitrogen and oxygen atoms in total. The van der Waals surface area contributed by atoms with Gasteiger partial charge in [0.1, 0.15) is 17.2 Å². The molecule has 0 spiro atoms. The average Bonchev–Trinajstić information content (AvgIpc) is 3.18. The van der Waals surface area contributed by atoms with E-state index in [1.165, 1.54) is 18.4 Å². The first-order valence-corrected chi connectivity index (χ1v) is 12.2. The van der Waals surface area contributed by atoms with Crippen LogP contribution >= 0.6 is 24.0 Å². The summed E-state index contributed by atoms with van der Waals surface area (Å²) >= 11 is 7.18. The second-order valence-corrected chi connectivity index (χ2v) is 10.1. The van der Waals surface area contributed by atoms with Gasteiger partial charge in [0.15, 0.2) is 5.11 Å². The van der Waals surface area contributed by atoms with Gasteiger partial charge in [-0.2, -0.15) is 0 Å². The number of nitrogens with two attached hydrogens (primary N) is 1. The van der Waals surface area contributed by atoms with Gasteiger partial charge in [-0.05, 0) is 62.6 Å². The normalized spacial score (nSPS) is 22.9. The Kier molecular flexibility index (Phi) is 6.86. The summed E-state index contributed by atoms with van der Waals surface area (Å²) in [6.45, 7) is 6.99. The maximum Gasteiger partial charge on any atom is 0.167 e. The number of rotatable bonds is 6. The summed E-state index contributed by atoms with van der Waals surface area (Å²) in [5.74, 6) is 2.64. The van der Waals surface area contributed by atoms with Crippen molar-refractivity contribution in [2.75, 3.05) is 38.5 Å². The summed E-state index contributed by atoms with van der Waals surface area (Å²) < 4.78 is 6.29. The van der Waals surface area contributed by atoms with Crippen molar-refractivity contribution in [1.29, 1.82) is 0 Å². The predicted molar refractivity (Wildman–Crippen MR) is 130 cm³/mol. The van der Waals surface area contributed by atoms with Gasteiger partial charge in [-0.15, -0.1) is 11.8 Å². The quantitative estimate of drug-likeness (QED) is 0.670. The van der Waals surface area contributed by atoms with Gasteiger partial charge in [0.05, 0.1) is 0 Å². The largest absolute Gasteiger partial charge is 0.492 e. The third kappa shape index (κ3) is 4.61. The number of hydrogen-bond acceptors (Lipinski definition) is 4. The molecule has 2 N–H and O–H groups in total. The van der Waals surface area contributed by atoms with E-state index in [1.54, 1.807) is 0 Å². The molecule has 0 aromatic heterocycles. The molecule has 4 rings (SSSR count). The van der Waals surface area contributed by atoms with Gasteiger partial charge in [-0.1, -0.05) is 48.5 Å². The summed E-state index contributed by atoms with van der Waals surface area (Å²) in [4.78, 5) is 4.37. The van der Waals surface area contributed by atoms with E-state index < -0.39 is 0 Å². The van der Waals surface area contributed by atoms with Crippen molar-refractivity contribution in [3.8, 4) is 5.75 Å². The van der Waals surface area contributed by atoms with Crippen molar-refractivity contribution in [3.05, 3.63) is 65.7 Å². The van der Waals surface area contributed by atoms with E-state index in [9.17, 15) is 0 Å². The molecule has 1 unspecified atom stereocenters. The average molecular weight is 442 g/mol. The minimum Gasteiger partial charge on any atom is -0.492 e. The third-order valence-electron chi connectivity index (χ3n) is 6.39. The van der Waals surface area contributed by atoms with Crippen LogP contribution in [0.3, 0.4) is 0 Å². The Labute approximate surface area is 189 Å². The van der Waals surface area contributed by atoms with E-state index in [0.29, 0.717) is 17.6 Å². The number of piperidine rings is 1. The Bertz CT molecular complexity index is 855. The number of ether oxygens (including phenoxy) is 1. The molecule has 2 aliphatic rings. The van der Waals surface area contributed by atoms with E-state index in [4.69, 9.17) is 22.7 Å². The minimum absolute atomic E-state index is 0.267. The van der Waals surface area contributed by atoms with Crippen LogP contribution in [0.4, 0.5) is 0 Å². The monoisotopic (exact) mass is 441 g/mol. The number of nitrogens with zero attached hydrogens (tertiary/aromatic N) is 2. The summed E-state index contributed by atoms with van der Waals surface area (Å²) in [6.07, 6.45) is 2.44. The van der Waals surface area contributed by atoms with E-state index in [1.807, 2.05) is 17.8 Å². The number of likely N-dealkylation sites (tertiary alicyclic amines) is 1. The molecule has 2 aromatic carbocycles. The second kappa shape index (κ2) is 9.58. The Morgan fingerprint density at radius 2 is 1.80 bits per heavy atom. The van der Waals surface area contributed by atoms with Crippen molar-refractivity contribution in [2.24, 2.45) is 5.73 Å². The zero-order valence-corrected chi connectivity index (χ0v) is 19.3. The molecule has 6 heteroatoms. The zero-order valence-electron chi connectivity index (χ0n) is 17.6. The highest BCUT2D eigenvalue weighted by Gasteiger charge is 2.41. The van der Waals surface area contributed by atoms with Crippen molar-refractivity contribution in [2.45, 2.75) is 30.6 Å². The van der Waals surface area contributed by atoms with Crippen LogP contribution in [0, 0.1) is 0 Å². The fourth-order valence-electron chi connectivity index (χ4n) is 4.65. The van der Waals surface area contributed by atoms with Gasteiger partial charge in [0.25, 0.3) is 0 Å². The third-order valence-corrected chi connectivity index (χ3v) is 8.00. The number of thioether (sulfide) groups is 1. The van der Waals surface area contributed by atoms with Gasteiger partial charge in [-0.25, -0.2) is 0 Å². The summed E-state index contributed by atoms with van der Waals surface area (Å²) in [6, 6.07) is 19.2. The highest BCUT2D eigenvalue weighted by atomic mass is 32.2. The lowest BCUT2D eigenvalue weighted by Gasteiger charge is -2.36. The molecule has 2 saturated heterocycles. The molecule has 0 saturated carbocycles. The van der Waals surface area contributed by atoms with Crippen LogP contribution in [-0.2, 0) is 4.87 Å². The van der Waals surface area contributed by atoms with Crippen molar-refractivity contribution < 1.29 is 4.74 Å². The van der Waals surface area contributed by atoms with Crippen molar-refractivity contribution in [3.63, 3.8) is 0 Å². The number of hydrogen-bond donors (Lipinski definition) is 1. The number of thiocarbonyl (C=S) groups is 1. The highest BCUT2D eigenvalue weighted by Crippen LogP contribution is 2.47. The molecule has 0 amide bonds. The van der Waals surface area contributed by atoms with Crippen LogP contribution in [0.5, 0.6) is 5.75 Å². The molecule has 0 aliphatic carbocycles. The summed E-state index contributed by atoms with van der Waals surface area (Å²) in [5, 5.41) is 0.457. The molecule has 0 radical (unpaired) electrons. The van der Waals surface area contributed by atoms with Gasteiger partial charge in [0.2, 0.25) is 0 Å². The first-order chi connectivity index (χ1) is 14.6. The SMILES string of the molecule is CC1(c2ccccc2OCCN2CCC(c3ccccc3)CC2)SCCN1C(N)=S. The van der Waals surface area contributed by atoms with Crippen molar-refractivity contribution in [1.82, 2.24) is 9.80 Å². The number of benzene rings is 2. The molecule has 2 aromatic rings. The first-order valence-electron chi connectivity index (χ1n) is 10.8. The van der Waals surface area contributed by atoms with E-state index in [2.05, 4.69) is 65.3 Å². The summed E-state index contributed by atoms with van der Waals surface area (Å²) in [7, 11) is 0. The van der Waals surface area contributed by atoms with Gasteiger partial charge >= 0.3 is 0 Å². The van der Waals surface area contributed by atoms with Crippen LogP contribution in [0.25, 0.3) is 0 Å². The maximum absolute atomic E-state index is 6.29. The van der Waals surface area contributed by atoms with Crippen molar-refractivity contribution >= 4 is 29.1 Å². The molecule has 2 aliphatic heterocycles. The van der Waals surface area contributed by atoms with Crippen LogP contribution in [0.1, 0.15) is 36.8 Å². The molecule has 30 heavy (non-hydrogen) atoms. The molecule has 0 bridgehead atoms. The Morgan fingerprint density at radius 3 is 2.53 bits per heavy atom. The Morgan fingerprint density at radius 1 is 1.10 bits per heavy atom. The highest BCUT2D eigenvalue weighted by molar-refractivity contribution is 8.00. The maximum atomic E-state index is 6.29. The lowest BCUT2D eigenvalue weighted by atomic mass is 9.89. The topological polar surface area (TPSA) is 41.7 Å². The molecule has 2 heterocycles. The fraction of sp³-hybridized carbons (Fsp3) is 0.458. The van der Waals surface area contributed by atoms with Gasteiger partial charge in [0, 0.05) is 24.4 Å². The fourth-order valence-corrected chi connectivity index (χ4v) is 6.32. The second-order valence-electron chi connectivity index (χ2n) is 8.19. The van der Waals surface area contributed by atoms with E-state index >= 15 is 0 Å². The minimum atomic E-state index is -0.267. The molecular formula is C24H31N3OS2. The Hall–Kier alpha value is -1.76. The molecule has 1 atom stereocenters. The van der Waals surface area contributed by atoms with Gasteiger partial charge in [-0.3, -0.25) is 4.90 Å². The first kappa shape index (κ1) is 21.5. The van der Waals surface area contributed by atoms with Crippen LogP contribution in [0.15, 0.2) is 54.6 Å². The summed E-state index contributed by atoms with van der Waals surface area (Å²) in [5.41, 5.74) is 8.64. The Balaban J connectivity index is 1.33. The standard InChI is InChI=1S/C24H31N3OS2/c1-24(27(23(25)29)16-18-30-24)21-9-5-6-10-22(21)28-17-15-26-13-11-20(12-14-26)19-7-3-2-4-8-19/h2-10,20H,11-18H2,1H3,(H2,25,29). The van der Waals surface area contributed by atoms with Crippen LogP contribution in [-0.4, -0.2) is 53.5 Å². The lowest BCUT2D eigenvalue weighted by Crippen LogP contribution is -2.44. The molecule has 2 fully saturated rings. The van der Waals surface area contributed by atoms with Crippen LogP contribution < -0.4 is 10.5 Å². The molecule has 160 valence electrons. The van der Waals surface area contributed by atoms with E-state index in [-0.39, 0.29) is 4.87 Å². The molecular weight excluding hydrogens is 410 g/mol. The zero-order chi connectivity index (χ0) is 21.0. The van der Waals surface area contributed by atoms with Gasteiger partial charge < -0.3 is 15.4 Å². The lowest BCUT2D eigenvalue weighted by molar-refractivity contribution is 0.171. The predicted octanol–water partition coefficient (Wildman–Crippen LogP) is 4.41. The van der Waals surface area contributed by atoms with E-state index in [0.717, 1.165) is 43.2 Å². The smallest absolute Gasteiger partial charge is 0.167 e.